The second kappa shape index (κ2) is 13.8. The van der Waals surface area contributed by atoms with Gasteiger partial charge in [0.15, 0.2) is 5.82 Å². The Bertz CT molecular complexity index is 1460. The first-order valence-corrected chi connectivity index (χ1v) is 16.4. The molecule has 1 saturated carbocycles. The molecule has 2 aliphatic rings. The van der Waals surface area contributed by atoms with Gasteiger partial charge in [-0.2, -0.15) is 13.2 Å². The molecule has 1 aliphatic heterocycles. The van der Waals surface area contributed by atoms with Gasteiger partial charge in [0.1, 0.15) is 11.0 Å². The maximum Gasteiger partial charge on any atom is 0.394 e. The number of hydrogen-bond acceptors (Lipinski definition) is 8. The highest BCUT2D eigenvalue weighted by Crippen LogP contribution is 2.59. The van der Waals surface area contributed by atoms with Crippen LogP contribution in [-0.4, -0.2) is 64.1 Å². The van der Waals surface area contributed by atoms with E-state index in [1.807, 2.05) is 19.2 Å². The van der Waals surface area contributed by atoms with Crippen LogP contribution >= 0.6 is 23.5 Å². The first-order valence-electron chi connectivity index (χ1n) is 15.2. The van der Waals surface area contributed by atoms with Crippen molar-refractivity contribution in [3.05, 3.63) is 53.4 Å². The Balaban J connectivity index is 1.05. The first kappa shape index (κ1) is 33.3. The molecule has 0 bridgehead atoms. The molecule has 1 saturated heterocycles. The number of carbonyl (C=O) groups is 1. The number of amides is 1. The number of alkyl halides is 3. The van der Waals surface area contributed by atoms with Gasteiger partial charge in [-0.25, -0.2) is 14.6 Å². The van der Waals surface area contributed by atoms with E-state index < -0.39 is 17.5 Å². The lowest BCUT2D eigenvalue weighted by atomic mass is 9.93. The zero-order valence-electron chi connectivity index (χ0n) is 25.7. The zero-order chi connectivity index (χ0) is 32.2. The van der Waals surface area contributed by atoms with E-state index in [-0.39, 0.29) is 48.0 Å². The summed E-state index contributed by atoms with van der Waals surface area (Å²) in [4.78, 5) is 24.5. The van der Waals surface area contributed by atoms with Crippen molar-refractivity contribution in [2.24, 2.45) is 11.3 Å². The van der Waals surface area contributed by atoms with Crippen LogP contribution in [0.2, 0.25) is 5.15 Å². The summed E-state index contributed by atoms with van der Waals surface area (Å²) in [7, 11) is 2.04. The van der Waals surface area contributed by atoms with Crippen LogP contribution in [0.5, 0.6) is 5.88 Å². The van der Waals surface area contributed by atoms with Crippen molar-refractivity contribution in [2.45, 2.75) is 75.4 Å². The molecule has 14 heteroatoms. The van der Waals surface area contributed by atoms with E-state index in [2.05, 4.69) is 43.9 Å². The molecule has 1 amide bonds. The third-order valence-electron chi connectivity index (χ3n) is 8.56. The molecule has 9 nitrogen and oxygen atoms in total. The monoisotopic (exact) mass is 665 g/mol. The first-order chi connectivity index (χ1) is 21.3. The lowest BCUT2D eigenvalue weighted by molar-refractivity contribution is -0.190. The number of carbonyl (C=O) groups excluding carboxylic acids is 1. The quantitative estimate of drug-likeness (QED) is 0.110. The number of pyridine rings is 2. The lowest BCUT2D eigenvalue weighted by Gasteiger charge is -2.19. The Morgan fingerprint density at radius 2 is 2.02 bits per heavy atom. The molecule has 4 heterocycles. The summed E-state index contributed by atoms with van der Waals surface area (Å²) in [5.74, 6) is 1.71. The SMILES string of the molecule is CN(CCCCC1CNC(C)(C)C1)c1ccc(SNC(=O)c2ccc(-n3ccc(OCCC4(C(F)(F)F)CC4)n3)nc2Cl)cn1. The molecule has 0 spiro atoms. The highest BCUT2D eigenvalue weighted by molar-refractivity contribution is 7.98. The van der Waals surface area contributed by atoms with E-state index in [4.69, 9.17) is 16.3 Å². The Morgan fingerprint density at radius 3 is 2.67 bits per heavy atom. The topological polar surface area (TPSA) is 97.2 Å². The van der Waals surface area contributed by atoms with Gasteiger partial charge < -0.3 is 15.0 Å². The number of nitrogens with one attached hydrogen (secondary N) is 2. The van der Waals surface area contributed by atoms with Crippen LogP contribution in [0.4, 0.5) is 19.0 Å². The number of ether oxygens (including phenoxy) is 1. The fourth-order valence-corrected chi connectivity index (χ4v) is 6.41. The molecule has 2 N–H and O–H groups in total. The molecular formula is C31H39ClF3N7O2S. The van der Waals surface area contributed by atoms with Crippen LogP contribution in [0.3, 0.4) is 0 Å². The number of rotatable bonds is 14. The van der Waals surface area contributed by atoms with E-state index in [0.717, 1.165) is 48.1 Å². The number of unbranched alkanes of at least 4 members (excludes halogenated alkanes) is 1. The van der Waals surface area contributed by atoms with E-state index in [1.54, 1.807) is 18.5 Å². The zero-order valence-corrected chi connectivity index (χ0v) is 27.2. The minimum Gasteiger partial charge on any atom is -0.477 e. The van der Waals surface area contributed by atoms with Crippen molar-refractivity contribution in [2.75, 3.05) is 31.6 Å². The molecule has 0 radical (unpaired) electrons. The van der Waals surface area contributed by atoms with E-state index >= 15 is 0 Å². The standard InChI is InChI=1S/C31H39ClF3N7O2S/c1-29(2)18-21(19-37-29)6-4-5-15-41(3)24-9-7-22(20-36-24)45-40-28(43)23-8-10-25(38-27(23)32)42-16-11-26(39-42)44-17-14-30(12-13-30)31(33,34)35/h7-11,16,20-21,37H,4-6,12-15,17-19H2,1-3H3,(H,40,43). The smallest absolute Gasteiger partial charge is 0.394 e. The Morgan fingerprint density at radius 1 is 1.22 bits per heavy atom. The van der Waals surface area contributed by atoms with Gasteiger partial charge in [0.25, 0.3) is 5.91 Å². The van der Waals surface area contributed by atoms with Crippen molar-refractivity contribution < 1.29 is 22.7 Å². The third kappa shape index (κ3) is 8.62. The molecule has 0 aromatic carbocycles. The van der Waals surface area contributed by atoms with Crippen LogP contribution in [0.15, 0.2) is 47.6 Å². The van der Waals surface area contributed by atoms with Crippen LogP contribution in [0.25, 0.3) is 5.82 Å². The summed E-state index contributed by atoms with van der Waals surface area (Å²) in [6, 6.07) is 8.48. The van der Waals surface area contributed by atoms with E-state index in [1.165, 1.54) is 36.1 Å². The van der Waals surface area contributed by atoms with Gasteiger partial charge >= 0.3 is 6.18 Å². The minimum absolute atomic E-state index is 0.0209. The molecule has 2 fully saturated rings. The van der Waals surface area contributed by atoms with Crippen LogP contribution < -0.4 is 19.7 Å². The third-order valence-corrected chi connectivity index (χ3v) is 9.61. The second-order valence-corrected chi connectivity index (χ2v) is 13.9. The normalized spacial score (nSPS) is 18.5. The summed E-state index contributed by atoms with van der Waals surface area (Å²) >= 11 is 7.45. The molecule has 1 aliphatic carbocycles. The van der Waals surface area contributed by atoms with Crippen molar-refractivity contribution in [1.29, 1.82) is 0 Å². The fourth-order valence-electron chi connectivity index (χ4n) is 5.62. The lowest BCUT2D eigenvalue weighted by Crippen LogP contribution is -2.31. The van der Waals surface area contributed by atoms with Crippen molar-refractivity contribution >= 4 is 35.3 Å². The minimum atomic E-state index is -4.22. The predicted octanol–water partition coefficient (Wildman–Crippen LogP) is 6.86. The van der Waals surface area contributed by atoms with Crippen molar-refractivity contribution in [3.8, 4) is 11.7 Å². The average molecular weight is 666 g/mol. The maximum atomic E-state index is 13.1. The number of halogens is 4. The van der Waals surface area contributed by atoms with Gasteiger partial charge in [0.05, 0.1) is 17.6 Å². The molecule has 1 unspecified atom stereocenters. The summed E-state index contributed by atoms with van der Waals surface area (Å²) in [5, 5.41) is 7.78. The van der Waals surface area contributed by atoms with Gasteiger partial charge in [-0.3, -0.25) is 9.52 Å². The molecule has 1 atom stereocenters. The largest absolute Gasteiger partial charge is 0.477 e. The number of nitrogens with zero attached hydrogens (tertiary/aromatic N) is 5. The fraction of sp³-hybridized carbons (Fsp3) is 0.548. The molecular weight excluding hydrogens is 627 g/mol. The molecule has 244 valence electrons. The number of aromatic nitrogens is 4. The average Bonchev–Trinajstić information content (AvgIpc) is 3.52. The Kier molecular flexibility index (Phi) is 10.2. The summed E-state index contributed by atoms with van der Waals surface area (Å²) < 4.78 is 48.9. The number of anilines is 1. The van der Waals surface area contributed by atoms with Gasteiger partial charge in [0, 0.05) is 42.5 Å². The molecule has 3 aromatic rings. The summed E-state index contributed by atoms with van der Waals surface area (Å²) in [5.41, 5.74) is -1.18. The maximum absolute atomic E-state index is 13.1. The van der Waals surface area contributed by atoms with E-state index in [9.17, 15) is 18.0 Å². The molecule has 3 aromatic heterocycles. The summed E-state index contributed by atoms with van der Waals surface area (Å²) in [6.45, 7) is 6.48. The van der Waals surface area contributed by atoms with Gasteiger partial charge in [-0.05, 0) is 101 Å². The van der Waals surface area contributed by atoms with Crippen molar-refractivity contribution in [3.63, 3.8) is 0 Å². The van der Waals surface area contributed by atoms with Gasteiger partial charge in [-0.15, -0.1) is 5.10 Å². The van der Waals surface area contributed by atoms with Crippen LogP contribution in [-0.2, 0) is 0 Å². The van der Waals surface area contributed by atoms with Crippen molar-refractivity contribution in [1.82, 2.24) is 29.8 Å². The van der Waals surface area contributed by atoms with Gasteiger partial charge in [-0.1, -0.05) is 18.0 Å². The van der Waals surface area contributed by atoms with E-state index in [0.29, 0.717) is 5.82 Å². The van der Waals surface area contributed by atoms with Gasteiger partial charge in [0.2, 0.25) is 5.88 Å². The van der Waals surface area contributed by atoms with Crippen LogP contribution in [0.1, 0.15) is 69.2 Å². The Labute approximate surface area is 270 Å². The molecule has 45 heavy (non-hydrogen) atoms. The number of hydrogen-bond donors (Lipinski definition) is 2. The second-order valence-electron chi connectivity index (χ2n) is 12.6. The Hall–Kier alpha value is -3.03. The molecule has 5 rings (SSSR count). The summed E-state index contributed by atoms with van der Waals surface area (Å²) in [6.07, 6.45) is 4.00. The highest BCUT2D eigenvalue weighted by Gasteiger charge is 2.62. The van der Waals surface area contributed by atoms with Crippen LogP contribution in [0, 0.1) is 11.3 Å². The highest BCUT2D eigenvalue weighted by atomic mass is 35.5. The predicted molar refractivity (Wildman–Crippen MR) is 169 cm³/mol.